The second kappa shape index (κ2) is 2.56. The third-order valence-corrected chi connectivity index (χ3v) is 1.86. The first kappa shape index (κ1) is 7.51. The molecule has 2 N–H and O–H groups in total. The van der Waals surface area contributed by atoms with Crippen LogP contribution in [0.3, 0.4) is 0 Å². The second-order valence-electron chi connectivity index (χ2n) is 2.96. The van der Waals surface area contributed by atoms with Crippen LogP contribution in [0.1, 0.15) is 26.2 Å². The zero-order chi connectivity index (χ0) is 7.61. The van der Waals surface area contributed by atoms with Gasteiger partial charge in [0, 0.05) is 0 Å². The quantitative estimate of drug-likeness (QED) is 0.460. The average molecular weight is 144 g/mol. The number of hydrogen-bond acceptors (Lipinski definition) is 1. The highest BCUT2D eigenvalue weighted by atomic mass is 19.1. The van der Waals surface area contributed by atoms with Crippen molar-refractivity contribution in [3.8, 4) is 0 Å². The summed E-state index contributed by atoms with van der Waals surface area (Å²) in [5, 5.41) is 0. The Hall–Kier alpha value is -0.600. The summed E-state index contributed by atoms with van der Waals surface area (Å²) >= 11 is 0. The highest BCUT2D eigenvalue weighted by Crippen LogP contribution is 2.35. The van der Waals surface area contributed by atoms with E-state index in [2.05, 4.69) is 4.99 Å². The molecule has 1 saturated carbocycles. The van der Waals surface area contributed by atoms with Crippen LogP contribution in [0.25, 0.3) is 0 Å². The Balaban J connectivity index is 2.31. The Kier molecular flexibility index (Phi) is 1.92. The van der Waals surface area contributed by atoms with Gasteiger partial charge in [-0.25, -0.2) is 4.39 Å². The van der Waals surface area contributed by atoms with Crippen molar-refractivity contribution in [2.45, 2.75) is 31.9 Å². The summed E-state index contributed by atoms with van der Waals surface area (Å²) in [5.74, 6) is 0.476. The van der Waals surface area contributed by atoms with E-state index in [-0.39, 0.29) is 6.54 Å². The van der Waals surface area contributed by atoms with E-state index in [0.717, 1.165) is 6.42 Å². The highest BCUT2D eigenvalue weighted by Gasteiger charge is 2.36. The van der Waals surface area contributed by atoms with Gasteiger partial charge in [0.15, 0.2) is 0 Å². The van der Waals surface area contributed by atoms with Gasteiger partial charge >= 0.3 is 0 Å². The Labute approximate surface area is 60.3 Å². The minimum absolute atomic E-state index is 0.259. The molecule has 0 atom stereocenters. The van der Waals surface area contributed by atoms with E-state index in [4.69, 9.17) is 5.73 Å². The molecular formula is C7H13FN2. The lowest BCUT2D eigenvalue weighted by molar-refractivity contribution is 0.0741. The summed E-state index contributed by atoms with van der Waals surface area (Å²) in [7, 11) is 0. The van der Waals surface area contributed by atoms with Crippen LogP contribution in [0.2, 0.25) is 0 Å². The molecule has 1 rings (SSSR count). The molecule has 0 spiro atoms. The van der Waals surface area contributed by atoms with Crippen LogP contribution in [0.4, 0.5) is 4.39 Å². The van der Waals surface area contributed by atoms with Crippen LogP contribution in [0.5, 0.6) is 0 Å². The normalized spacial score (nSPS) is 24.0. The summed E-state index contributed by atoms with van der Waals surface area (Å²) in [6, 6.07) is 0. The molecule has 0 bridgehead atoms. The van der Waals surface area contributed by atoms with Gasteiger partial charge in [-0.3, -0.25) is 4.99 Å². The van der Waals surface area contributed by atoms with Crippen molar-refractivity contribution in [1.82, 2.24) is 0 Å². The Morgan fingerprint density at radius 2 is 2.30 bits per heavy atom. The SMILES string of the molecule is CC(N)=NCC1(F)CCC1. The highest BCUT2D eigenvalue weighted by molar-refractivity contribution is 5.77. The molecule has 1 aliphatic rings. The van der Waals surface area contributed by atoms with Gasteiger partial charge in [0.1, 0.15) is 5.67 Å². The van der Waals surface area contributed by atoms with Crippen molar-refractivity contribution in [2.75, 3.05) is 6.54 Å². The van der Waals surface area contributed by atoms with Crippen LogP contribution in [0.15, 0.2) is 4.99 Å². The van der Waals surface area contributed by atoms with Crippen molar-refractivity contribution in [2.24, 2.45) is 10.7 Å². The summed E-state index contributed by atoms with van der Waals surface area (Å²) in [6.45, 7) is 1.94. The molecule has 0 aliphatic heterocycles. The molecule has 58 valence electrons. The van der Waals surface area contributed by atoms with Gasteiger partial charge in [0.2, 0.25) is 0 Å². The zero-order valence-corrected chi connectivity index (χ0v) is 6.23. The minimum Gasteiger partial charge on any atom is -0.388 e. The number of rotatable bonds is 2. The van der Waals surface area contributed by atoms with Gasteiger partial charge in [-0.05, 0) is 26.2 Å². The topological polar surface area (TPSA) is 38.4 Å². The van der Waals surface area contributed by atoms with Gasteiger partial charge in [0.25, 0.3) is 0 Å². The maximum absolute atomic E-state index is 13.1. The first-order valence-electron chi connectivity index (χ1n) is 3.58. The number of nitrogens with two attached hydrogens (primary N) is 1. The lowest BCUT2D eigenvalue weighted by atomic mass is 9.82. The molecule has 0 aromatic carbocycles. The molecular weight excluding hydrogens is 131 g/mol. The average Bonchev–Trinajstić information content (AvgIpc) is 1.79. The summed E-state index contributed by atoms with van der Waals surface area (Å²) in [5.41, 5.74) is 4.25. The second-order valence-corrected chi connectivity index (χ2v) is 2.96. The molecule has 0 radical (unpaired) electrons. The predicted molar refractivity (Wildman–Crippen MR) is 39.9 cm³/mol. The van der Waals surface area contributed by atoms with Gasteiger partial charge in [-0.15, -0.1) is 0 Å². The molecule has 1 fully saturated rings. The van der Waals surface area contributed by atoms with Gasteiger partial charge in [0.05, 0.1) is 12.4 Å². The lowest BCUT2D eigenvalue weighted by Crippen LogP contribution is -2.35. The van der Waals surface area contributed by atoms with Crippen LogP contribution < -0.4 is 5.73 Å². The number of aliphatic imine (C=N–C) groups is 1. The predicted octanol–water partition coefficient (Wildman–Crippen LogP) is 1.26. The van der Waals surface area contributed by atoms with E-state index in [1.807, 2.05) is 0 Å². The fourth-order valence-corrected chi connectivity index (χ4v) is 0.985. The number of amidine groups is 1. The molecule has 1 aliphatic carbocycles. The van der Waals surface area contributed by atoms with Crippen molar-refractivity contribution in [1.29, 1.82) is 0 Å². The number of hydrogen-bond donors (Lipinski definition) is 1. The number of halogens is 1. The van der Waals surface area contributed by atoms with E-state index in [1.54, 1.807) is 6.92 Å². The molecule has 0 amide bonds. The summed E-state index contributed by atoms with van der Waals surface area (Å²) in [6.07, 6.45) is 2.31. The molecule has 0 aromatic rings. The maximum atomic E-state index is 13.1. The standard InChI is InChI=1S/C7H13FN2/c1-6(9)10-5-7(8)3-2-4-7/h2-5H2,1H3,(H2,9,10). The number of alkyl halides is 1. The van der Waals surface area contributed by atoms with Crippen molar-refractivity contribution >= 4 is 5.84 Å². The zero-order valence-electron chi connectivity index (χ0n) is 6.23. The van der Waals surface area contributed by atoms with E-state index in [9.17, 15) is 4.39 Å². The van der Waals surface area contributed by atoms with Crippen LogP contribution in [-0.4, -0.2) is 18.0 Å². The van der Waals surface area contributed by atoms with Crippen molar-refractivity contribution in [3.63, 3.8) is 0 Å². The van der Waals surface area contributed by atoms with Crippen LogP contribution in [-0.2, 0) is 0 Å². The van der Waals surface area contributed by atoms with Crippen molar-refractivity contribution < 1.29 is 4.39 Å². The largest absolute Gasteiger partial charge is 0.388 e. The minimum atomic E-state index is -1.01. The first-order chi connectivity index (χ1) is 4.62. The molecule has 0 saturated heterocycles. The fraction of sp³-hybridized carbons (Fsp3) is 0.857. The molecule has 10 heavy (non-hydrogen) atoms. The van der Waals surface area contributed by atoms with Crippen molar-refractivity contribution in [3.05, 3.63) is 0 Å². The third-order valence-electron chi connectivity index (χ3n) is 1.86. The Bertz CT molecular complexity index is 146. The molecule has 0 heterocycles. The fourth-order valence-electron chi connectivity index (χ4n) is 0.985. The molecule has 2 nitrogen and oxygen atoms in total. The van der Waals surface area contributed by atoms with E-state index in [1.165, 1.54) is 0 Å². The van der Waals surface area contributed by atoms with Gasteiger partial charge in [-0.2, -0.15) is 0 Å². The van der Waals surface area contributed by atoms with E-state index >= 15 is 0 Å². The first-order valence-corrected chi connectivity index (χ1v) is 3.58. The van der Waals surface area contributed by atoms with Gasteiger partial charge in [-0.1, -0.05) is 0 Å². The van der Waals surface area contributed by atoms with Crippen LogP contribution in [0, 0.1) is 0 Å². The molecule has 0 aromatic heterocycles. The third kappa shape index (κ3) is 1.69. The molecule has 3 heteroatoms. The Morgan fingerprint density at radius 1 is 1.70 bits per heavy atom. The Morgan fingerprint density at radius 3 is 2.60 bits per heavy atom. The summed E-state index contributed by atoms with van der Waals surface area (Å²) in [4.78, 5) is 3.84. The monoisotopic (exact) mass is 144 g/mol. The molecule has 0 unspecified atom stereocenters. The lowest BCUT2D eigenvalue weighted by Gasteiger charge is -2.31. The van der Waals surface area contributed by atoms with Crippen LogP contribution >= 0.6 is 0 Å². The van der Waals surface area contributed by atoms with E-state index < -0.39 is 5.67 Å². The maximum Gasteiger partial charge on any atom is 0.130 e. The van der Waals surface area contributed by atoms with Gasteiger partial charge < -0.3 is 5.73 Å². The van der Waals surface area contributed by atoms with E-state index in [0.29, 0.717) is 18.7 Å². The smallest absolute Gasteiger partial charge is 0.130 e. The number of nitrogens with zero attached hydrogens (tertiary/aromatic N) is 1. The summed E-state index contributed by atoms with van der Waals surface area (Å²) < 4.78 is 13.1.